The molecule has 0 radical (unpaired) electrons. The topological polar surface area (TPSA) is 61.9 Å². The smallest absolute Gasteiger partial charge is 0.322 e. The largest absolute Gasteiger partial charge is 0.482 e. The minimum atomic E-state index is -0.114. The molecule has 25 heavy (non-hydrogen) atoms. The average molecular weight is 343 g/mol. The van der Waals surface area contributed by atoms with Gasteiger partial charge in [0.05, 0.1) is 11.7 Å². The summed E-state index contributed by atoms with van der Waals surface area (Å²) in [7, 11) is 0. The highest BCUT2D eigenvalue weighted by atomic mass is 16.5. The molecule has 0 bridgehead atoms. The lowest BCUT2D eigenvalue weighted by Crippen LogP contribution is -2.40. The predicted molar refractivity (Wildman–Crippen MR) is 98.1 cm³/mol. The fourth-order valence-corrected chi connectivity index (χ4v) is 3.29. The van der Waals surface area contributed by atoms with Gasteiger partial charge in [-0.25, -0.2) is 4.79 Å². The van der Waals surface area contributed by atoms with Crippen LogP contribution in [0.5, 0.6) is 5.75 Å². The number of anilines is 2. The number of hydrogen-bond donors (Lipinski definition) is 1. The molecule has 1 aromatic rings. The van der Waals surface area contributed by atoms with E-state index in [9.17, 15) is 9.59 Å². The van der Waals surface area contributed by atoms with E-state index in [0.29, 0.717) is 30.2 Å². The van der Waals surface area contributed by atoms with Gasteiger partial charge in [0.25, 0.3) is 5.91 Å². The first-order valence-electron chi connectivity index (χ1n) is 8.95. The fraction of sp³-hybridized carbons (Fsp3) is 0.474. The van der Waals surface area contributed by atoms with Crippen molar-refractivity contribution in [2.24, 2.45) is 0 Å². The molecule has 0 saturated heterocycles. The van der Waals surface area contributed by atoms with Gasteiger partial charge < -0.3 is 19.9 Å². The van der Waals surface area contributed by atoms with Crippen molar-refractivity contribution in [2.75, 3.05) is 29.9 Å². The van der Waals surface area contributed by atoms with Gasteiger partial charge >= 0.3 is 6.03 Å². The molecule has 1 aromatic carbocycles. The lowest BCUT2D eigenvalue weighted by atomic mass is 10.1. The maximum absolute atomic E-state index is 12.6. The minimum Gasteiger partial charge on any atom is -0.482 e. The Labute approximate surface area is 148 Å². The summed E-state index contributed by atoms with van der Waals surface area (Å²) in [6.07, 6.45) is 7.34. The van der Waals surface area contributed by atoms with Crippen LogP contribution in [-0.2, 0) is 4.79 Å². The number of ether oxygens (including phenoxy) is 1. The van der Waals surface area contributed by atoms with E-state index in [1.54, 1.807) is 17.0 Å². The van der Waals surface area contributed by atoms with E-state index < -0.39 is 0 Å². The van der Waals surface area contributed by atoms with Gasteiger partial charge in [0, 0.05) is 18.8 Å². The summed E-state index contributed by atoms with van der Waals surface area (Å²) >= 11 is 0. The Kier molecular flexibility index (Phi) is 5.26. The molecule has 1 atom stereocenters. The number of fused-ring (bicyclic) bond motifs is 1. The van der Waals surface area contributed by atoms with Gasteiger partial charge in [0.15, 0.2) is 6.61 Å². The van der Waals surface area contributed by atoms with Gasteiger partial charge in [-0.05, 0) is 31.5 Å². The standard InChI is InChI=1S/C19H25N3O3/c1-3-5-7-15-8-6-11-22(15)19(24)20-14-9-10-17-16(12-14)21(4-2)18(23)13-25-17/h6,8-10,12,15H,3-5,7,11,13H2,1-2H3,(H,20,24)/t15-/m0/s1. The number of hydrogen-bond acceptors (Lipinski definition) is 3. The van der Waals surface area contributed by atoms with Crippen molar-refractivity contribution in [1.29, 1.82) is 0 Å². The number of benzene rings is 1. The lowest BCUT2D eigenvalue weighted by Gasteiger charge is -2.29. The molecule has 0 saturated carbocycles. The van der Waals surface area contributed by atoms with Crippen LogP contribution in [0.1, 0.15) is 33.1 Å². The molecule has 6 nitrogen and oxygen atoms in total. The third-order valence-corrected chi connectivity index (χ3v) is 4.64. The van der Waals surface area contributed by atoms with Crippen molar-refractivity contribution in [3.63, 3.8) is 0 Å². The van der Waals surface area contributed by atoms with Crippen LogP contribution in [0.3, 0.4) is 0 Å². The van der Waals surface area contributed by atoms with Gasteiger partial charge in [-0.15, -0.1) is 0 Å². The van der Waals surface area contributed by atoms with E-state index in [4.69, 9.17) is 4.74 Å². The summed E-state index contributed by atoms with van der Waals surface area (Å²) in [6.45, 7) is 5.34. The molecule has 1 N–H and O–H groups in total. The molecule has 2 heterocycles. The van der Waals surface area contributed by atoms with Crippen molar-refractivity contribution in [3.05, 3.63) is 30.4 Å². The Morgan fingerprint density at radius 1 is 1.36 bits per heavy atom. The molecule has 0 spiro atoms. The van der Waals surface area contributed by atoms with Gasteiger partial charge in [-0.2, -0.15) is 0 Å². The third kappa shape index (κ3) is 3.62. The number of unbranched alkanes of at least 4 members (excludes halogenated alkanes) is 1. The lowest BCUT2D eigenvalue weighted by molar-refractivity contribution is -0.121. The van der Waals surface area contributed by atoms with E-state index >= 15 is 0 Å². The van der Waals surface area contributed by atoms with E-state index in [-0.39, 0.29) is 24.6 Å². The second-order valence-corrected chi connectivity index (χ2v) is 6.33. The van der Waals surface area contributed by atoms with Crippen LogP contribution in [0.2, 0.25) is 0 Å². The molecule has 0 aromatic heterocycles. The Hall–Kier alpha value is -2.50. The van der Waals surface area contributed by atoms with Crippen molar-refractivity contribution in [2.45, 2.75) is 39.2 Å². The van der Waals surface area contributed by atoms with E-state index in [0.717, 1.165) is 19.3 Å². The van der Waals surface area contributed by atoms with Crippen LogP contribution >= 0.6 is 0 Å². The first-order chi connectivity index (χ1) is 12.1. The number of nitrogens with one attached hydrogen (secondary N) is 1. The first kappa shape index (κ1) is 17.3. The summed E-state index contributed by atoms with van der Waals surface area (Å²) in [4.78, 5) is 28.1. The Morgan fingerprint density at radius 3 is 2.96 bits per heavy atom. The summed E-state index contributed by atoms with van der Waals surface area (Å²) in [5.74, 6) is 0.602. The molecule has 0 fully saturated rings. The van der Waals surface area contributed by atoms with Gasteiger partial charge in [-0.3, -0.25) is 4.79 Å². The quantitative estimate of drug-likeness (QED) is 0.834. The van der Waals surface area contributed by atoms with Crippen molar-refractivity contribution in [1.82, 2.24) is 4.90 Å². The SMILES string of the molecule is CCCC[C@H]1C=CCN1C(=O)Nc1ccc2c(c1)N(CC)C(=O)CO2. The van der Waals surface area contributed by atoms with Crippen LogP contribution in [-0.4, -0.2) is 42.6 Å². The first-order valence-corrected chi connectivity index (χ1v) is 8.95. The molecule has 2 aliphatic rings. The van der Waals surface area contributed by atoms with Gasteiger partial charge in [0.1, 0.15) is 5.75 Å². The van der Waals surface area contributed by atoms with Crippen LogP contribution in [0, 0.1) is 0 Å². The summed E-state index contributed by atoms with van der Waals surface area (Å²) in [6, 6.07) is 5.46. The van der Waals surface area contributed by atoms with Crippen molar-refractivity contribution in [3.8, 4) is 5.75 Å². The number of nitrogens with zero attached hydrogens (tertiary/aromatic N) is 2. The zero-order chi connectivity index (χ0) is 17.8. The van der Waals surface area contributed by atoms with Crippen molar-refractivity contribution < 1.29 is 14.3 Å². The monoisotopic (exact) mass is 343 g/mol. The zero-order valence-electron chi connectivity index (χ0n) is 14.8. The number of rotatable bonds is 5. The number of carbonyl (C=O) groups excluding carboxylic acids is 2. The van der Waals surface area contributed by atoms with Crippen LogP contribution in [0.15, 0.2) is 30.4 Å². The normalized spacial score (nSPS) is 19.0. The molecule has 134 valence electrons. The fourth-order valence-electron chi connectivity index (χ4n) is 3.29. The molecule has 6 heteroatoms. The number of urea groups is 1. The highest BCUT2D eigenvalue weighted by molar-refractivity contribution is 5.99. The number of amides is 3. The second-order valence-electron chi connectivity index (χ2n) is 6.33. The summed E-state index contributed by atoms with van der Waals surface area (Å²) in [5, 5.41) is 2.95. The Bertz CT molecular complexity index is 686. The average Bonchev–Trinajstić information content (AvgIpc) is 3.08. The van der Waals surface area contributed by atoms with Crippen LogP contribution < -0.4 is 15.0 Å². The van der Waals surface area contributed by atoms with E-state index in [2.05, 4.69) is 18.3 Å². The highest BCUT2D eigenvalue weighted by Gasteiger charge is 2.26. The summed E-state index contributed by atoms with van der Waals surface area (Å²) < 4.78 is 5.46. The second kappa shape index (κ2) is 7.59. The highest BCUT2D eigenvalue weighted by Crippen LogP contribution is 2.34. The number of likely N-dealkylation sites (N-methyl/N-ethyl adjacent to an activating group) is 1. The maximum atomic E-state index is 12.6. The van der Waals surface area contributed by atoms with E-state index in [1.807, 2.05) is 24.0 Å². The van der Waals surface area contributed by atoms with Gasteiger partial charge in [-0.1, -0.05) is 31.9 Å². The van der Waals surface area contributed by atoms with Crippen LogP contribution in [0.25, 0.3) is 0 Å². The molecular formula is C19H25N3O3. The van der Waals surface area contributed by atoms with E-state index in [1.165, 1.54) is 0 Å². The zero-order valence-corrected chi connectivity index (χ0v) is 14.8. The Balaban J connectivity index is 1.72. The summed E-state index contributed by atoms with van der Waals surface area (Å²) in [5.41, 5.74) is 1.38. The molecule has 3 amide bonds. The molecule has 3 rings (SSSR count). The number of carbonyl (C=O) groups is 2. The predicted octanol–water partition coefficient (Wildman–Crippen LogP) is 3.39. The Morgan fingerprint density at radius 2 is 2.20 bits per heavy atom. The maximum Gasteiger partial charge on any atom is 0.322 e. The molecule has 0 unspecified atom stereocenters. The minimum absolute atomic E-state index is 0.0606. The van der Waals surface area contributed by atoms with Crippen molar-refractivity contribution >= 4 is 23.3 Å². The molecule has 0 aliphatic carbocycles. The van der Waals surface area contributed by atoms with Crippen LogP contribution in [0.4, 0.5) is 16.2 Å². The molecular weight excluding hydrogens is 318 g/mol. The van der Waals surface area contributed by atoms with Gasteiger partial charge in [0.2, 0.25) is 0 Å². The molecule has 2 aliphatic heterocycles. The third-order valence-electron chi connectivity index (χ3n) is 4.64.